The summed E-state index contributed by atoms with van der Waals surface area (Å²) in [5.41, 5.74) is 11.8. The largest absolute Gasteiger partial charge is 0.465 e. The number of benzene rings is 2. The molecule has 0 saturated heterocycles. The van der Waals surface area contributed by atoms with Crippen molar-refractivity contribution in [1.82, 2.24) is 9.97 Å². The van der Waals surface area contributed by atoms with Gasteiger partial charge in [0.15, 0.2) is 18.2 Å². The highest BCUT2D eigenvalue weighted by Crippen LogP contribution is 2.26. The molecule has 3 aromatic rings. The molecule has 0 aliphatic carbocycles. The van der Waals surface area contributed by atoms with Crippen LogP contribution in [0.4, 0.5) is 0 Å². The Labute approximate surface area is 171 Å². The summed E-state index contributed by atoms with van der Waals surface area (Å²) in [5.74, 6) is 0.558. The number of hydrogen-bond donors (Lipinski definition) is 2. The average molecular weight is 403 g/mol. The predicted octanol–water partition coefficient (Wildman–Crippen LogP) is 1.81. The first-order valence-electron chi connectivity index (χ1n) is 8.81. The summed E-state index contributed by atoms with van der Waals surface area (Å²) in [7, 11) is 0. The van der Waals surface area contributed by atoms with Crippen LogP contribution in [0.25, 0.3) is 11.4 Å². The first kappa shape index (κ1) is 20.4. The Morgan fingerprint density at radius 3 is 2.27 bits per heavy atom. The van der Waals surface area contributed by atoms with Crippen molar-refractivity contribution in [1.29, 1.82) is 5.26 Å². The van der Waals surface area contributed by atoms with Gasteiger partial charge in [-0.2, -0.15) is 10.2 Å². The molecule has 9 heteroatoms. The molecular weight excluding hydrogens is 386 g/mol. The topological polar surface area (TPSA) is 154 Å². The molecule has 0 saturated carbocycles. The second-order valence-electron chi connectivity index (χ2n) is 6.07. The molecule has 0 bridgehead atoms. The Morgan fingerprint density at radius 2 is 1.73 bits per heavy atom. The fourth-order valence-corrected chi connectivity index (χ4v) is 2.43. The molecule has 4 N–H and O–H groups in total. The van der Waals surface area contributed by atoms with Crippen LogP contribution in [0, 0.1) is 11.3 Å². The fourth-order valence-electron chi connectivity index (χ4n) is 2.43. The maximum Gasteiger partial charge on any atom is 0.267 e. The Kier molecular flexibility index (Phi) is 6.32. The molecular formula is C21H17N5O4. The van der Waals surface area contributed by atoms with Gasteiger partial charge in [0, 0.05) is 18.2 Å². The summed E-state index contributed by atoms with van der Waals surface area (Å²) in [6.07, 6.45) is -0.363. The zero-order chi connectivity index (χ0) is 21.5. The van der Waals surface area contributed by atoms with E-state index in [1.54, 1.807) is 48.5 Å². The third-order valence-corrected chi connectivity index (χ3v) is 3.94. The van der Waals surface area contributed by atoms with Crippen LogP contribution in [0.3, 0.4) is 0 Å². The standard InChI is InChI=1S/C21H17N5O4/c22-10-13-1-5-15(6-2-13)29-16-7-3-14(4-8-16)21-25-18(20(24)28)9-19(26-21)30-17(11-23)12-27/h1-9,12,17H,11,23H2,(H2,24,28)/t17-/m0/s1. The van der Waals surface area contributed by atoms with Crippen molar-refractivity contribution in [2.24, 2.45) is 11.5 Å². The van der Waals surface area contributed by atoms with Crippen molar-refractivity contribution in [3.8, 4) is 34.8 Å². The normalized spacial score (nSPS) is 11.2. The van der Waals surface area contributed by atoms with Crippen molar-refractivity contribution in [3.63, 3.8) is 0 Å². The molecule has 0 fully saturated rings. The third kappa shape index (κ3) is 4.95. The van der Waals surface area contributed by atoms with Gasteiger partial charge in [-0.05, 0) is 48.5 Å². The van der Waals surface area contributed by atoms with Gasteiger partial charge in [0.1, 0.15) is 17.2 Å². The zero-order valence-corrected chi connectivity index (χ0v) is 15.7. The molecule has 0 aliphatic heterocycles. The van der Waals surface area contributed by atoms with Crippen molar-refractivity contribution in [3.05, 3.63) is 65.9 Å². The number of carbonyl (C=O) groups is 2. The number of rotatable bonds is 8. The second-order valence-corrected chi connectivity index (χ2v) is 6.07. The number of nitriles is 1. The van der Waals surface area contributed by atoms with Gasteiger partial charge in [0.2, 0.25) is 5.88 Å². The highest BCUT2D eigenvalue weighted by Gasteiger charge is 2.15. The van der Waals surface area contributed by atoms with E-state index in [0.29, 0.717) is 28.9 Å². The number of nitrogens with two attached hydrogens (primary N) is 2. The molecule has 0 unspecified atom stereocenters. The number of aromatic nitrogens is 2. The molecule has 0 aliphatic rings. The molecule has 30 heavy (non-hydrogen) atoms. The second kappa shape index (κ2) is 9.27. The lowest BCUT2D eigenvalue weighted by molar-refractivity contribution is -0.113. The van der Waals surface area contributed by atoms with Crippen molar-refractivity contribution in [2.75, 3.05) is 6.54 Å². The van der Waals surface area contributed by atoms with Gasteiger partial charge in [-0.15, -0.1) is 0 Å². The lowest BCUT2D eigenvalue weighted by Gasteiger charge is -2.12. The number of nitrogens with zero attached hydrogens (tertiary/aromatic N) is 3. The van der Waals surface area contributed by atoms with Crippen LogP contribution in [0.1, 0.15) is 16.1 Å². The van der Waals surface area contributed by atoms with Gasteiger partial charge in [-0.3, -0.25) is 9.59 Å². The van der Waals surface area contributed by atoms with E-state index in [1.807, 2.05) is 6.07 Å². The quantitative estimate of drug-likeness (QED) is 0.540. The van der Waals surface area contributed by atoms with Gasteiger partial charge in [-0.1, -0.05) is 0 Å². The van der Waals surface area contributed by atoms with E-state index < -0.39 is 12.0 Å². The van der Waals surface area contributed by atoms with Crippen LogP contribution in [-0.2, 0) is 4.79 Å². The van der Waals surface area contributed by atoms with Gasteiger partial charge in [-0.25, -0.2) is 4.98 Å². The van der Waals surface area contributed by atoms with E-state index in [1.165, 1.54) is 6.07 Å². The van der Waals surface area contributed by atoms with Gasteiger partial charge in [0.05, 0.1) is 11.6 Å². The molecule has 150 valence electrons. The van der Waals surface area contributed by atoms with Crippen LogP contribution in [-0.4, -0.2) is 34.8 Å². The van der Waals surface area contributed by atoms with E-state index in [2.05, 4.69) is 9.97 Å². The van der Waals surface area contributed by atoms with Crippen molar-refractivity contribution >= 4 is 12.2 Å². The number of carbonyl (C=O) groups excluding carboxylic acids is 2. The third-order valence-electron chi connectivity index (χ3n) is 3.94. The minimum Gasteiger partial charge on any atom is -0.465 e. The Morgan fingerprint density at radius 1 is 1.10 bits per heavy atom. The molecule has 0 radical (unpaired) electrons. The first-order valence-corrected chi connectivity index (χ1v) is 8.81. The summed E-state index contributed by atoms with van der Waals surface area (Å²) in [5, 5.41) is 8.84. The van der Waals surface area contributed by atoms with E-state index in [-0.39, 0.29) is 23.9 Å². The van der Waals surface area contributed by atoms with Gasteiger partial charge in [0.25, 0.3) is 5.91 Å². The number of primary amides is 1. The first-order chi connectivity index (χ1) is 14.5. The summed E-state index contributed by atoms with van der Waals surface area (Å²) in [4.78, 5) is 30.9. The molecule has 0 spiro atoms. The van der Waals surface area contributed by atoms with Gasteiger partial charge < -0.3 is 20.9 Å². The van der Waals surface area contributed by atoms with Crippen LogP contribution >= 0.6 is 0 Å². The number of hydrogen-bond acceptors (Lipinski definition) is 8. The van der Waals surface area contributed by atoms with Crippen LogP contribution in [0.5, 0.6) is 17.4 Å². The summed E-state index contributed by atoms with van der Waals surface area (Å²) < 4.78 is 11.1. The molecule has 2 aromatic carbocycles. The molecule has 9 nitrogen and oxygen atoms in total. The van der Waals surface area contributed by atoms with Crippen LogP contribution < -0.4 is 20.9 Å². The summed E-state index contributed by atoms with van der Waals surface area (Å²) >= 11 is 0. The lowest BCUT2D eigenvalue weighted by atomic mass is 10.2. The zero-order valence-electron chi connectivity index (χ0n) is 15.7. The maximum atomic E-state index is 11.6. The van der Waals surface area contributed by atoms with E-state index in [9.17, 15) is 9.59 Å². The number of amides is 1. The van der Waals surface area contributed by atoms with Crippen LogP contribution in [0.15, 0.2) is 54.6 Å². The molecule has 1 aromatic heterocycles. The smallest absolute Gasteiger partial charge is 0.267 e. The highest BCUT2D eigenvalue weighted by atomic mass is 16.5. The molecule has 1 amide bonds. The number of aldehydes is 1. The van der Waals surface area contributed by atoms with Crippen molar-refractivity contribution in [2.45, 2.75) is 6.10 Å². The van der Waals surface area contributed by atoms with Gasteiger partial charge >= 0.3 is 0 Å². The minimum atomic E-state index is -0.906. The Hall–Kier alpha value is -4.29. The van der Waals surface area contributed by atoms with Crippen molar-refractivity contribution < 1.29 is 19.1 Å². The number of ether oxygens (including phenoxy) is 2. The average Bonchev–Trinajstić information content (AvgIpc) is 2.78. The Balaban J connectivity index is 1.85. The lowest BCUT2D eigenvalue weighted by Crippen LogP contribution is -2.28. The predicted molar refractivity (Wildman–Crippen MR) is 107 cm³/mol. The molecule has 1 atom stereocenters. The minimum absolute atomic E-state index is 0.00857. The molecule has 3 rings (SSSR count). The monoisotopic (exact) mass is 403 g/mol. The summed E-state index contributed by atoms with van der Waals surface area (Å²) in [6.45, 7) is -0.0455. The highest BCUT2D eigenvalue weighted by molar-refractivity contribution is 5.91. The maximum absolute atomic E-state index is 11.6. The molecule has 1 heterocycles. The van der Waals surface area contributed by atoms with E-state index >= 15 is 0 Å². The fraction of sp³-hybridized carbons (Fsp3) is 0.0952. The summed E-state index contributed by atoms with van der Waals surface area (Å²) in [6, 6.07) is 16.8. The SMILES string of the molecule is N#Cc1ccc(Oc2ccc(-c3nc(O[C@H](C=O)CN)cc(C(N)=O)n3)cc2)cc1. The van der Waals surface area contributed by atoms with Crippen LogP contribution in [0.2, 0.25) is 0 Å². The van der Waals surface area contributed by atoms with E-state index in [0.717, 1.165) is 0 Å². The van der Waals surface area contributed by atoms with E-state index in [4.69, 9.17) is 26.2 Å². The Bertz CT molecular complexity index is 1090.